The summed E-state index contributed by atoms with van der Waals surface area (Å²) in [5.41, 5.74) is 0. The van der Waals surface area contributed by atoms with Gasteiger partial charge in [0.2, 0.25) is 0 Å². The van der Waals surface area contributed by atoms with Gasteiger partial charge in [-0.1, -0.05) is 11.6 Å². The second-order valence-electron chi connectivity index (χ2n) is 2.71. The van der Waals surface area contributed by atoms with E-state index in [1.165, 1.54) is 0 Å². The first-order valence-electron chi connectivity index (χ1n) is 4.12. The molecule has 0 spiro atoms. The van der Waals surface area contributed by atoms with Gasteiger partial charge in [0.15, 0.2) is 11.0 Å². The van der Waals surface area contributed by atoms with Crippen LogP contribution in [0.25, 0.3) is 0 Å². The zero-order valence-electron chi connectivity index (χ0n) is 7.73. The molecule has 5 nitrogen and oxygen atoms in total. The molecule has 0 aliphatic rings. The van der Waals surface area contributed by atoms with Crippen LogP contribution < -0.4 is 5.32 Å². The Kier molecular flexibility index (Phi) is 5.10. The molecule has 14 heavy (non-hydrogen) atoms. The number of hydrogen-bond acceptors (Lipinski definition) is 6. The lowest BCUT2D eigenvalue weighted by Crippen LogP contribution is -2.26. The molecule has 0 saturated heterocycles. The van der Waals surface area contributed by atoms with E-state index in [1.54, 1.807) is 7.11 Å². The van der Waals surface area contributed by atoms with E-state index in [2.05, 4.69) is 14.1 Å². The van der Waals surface area contributed by atoms with E-state index in [9.17, 15) is 0 Å². The molecule has 1 aromatic rings. The van der Waals surface area contributed by atoms with E-state index >= 15 is 0 Å². The first-order chi connectivity index (χ1) is 6.77. The molecule has 1 atom stereocenters. The SMILES string of the molecule is COCC(CCO)Nc1nsnc1Cl. The van der Waals surface area contributed by atoms with Crippen molar-refractivity contribution in [3.05, 3.63) is 5.15 Å². The Morgan fingerprint density at radius 3 is 2.93 bits per heavy atom. The first kappa shape index (κ1) is 11.6. The van der Waals surface area contributed by atoms with Gasteiger partial charge in [-0.2, -0.15) is 8.75 Å². The fourth-order valence-corrected chi connectivity index (χ4v) is 1.67. The number of nitrogens with zero attached hydrogens (tertiary/aromatic N) is 2. The van der Waals surface area contributed by atoms with Crippen LogP contribution in [0.1, 0.15) is 6.42 Å². The molecule has 0 aliphatic heterocycles. The maximum absolute atomic E-state index is 8.80. The molecule has 0 saturated carbocycles. The van der Waals surface area contributed by atoms with Crippen molar-refractivity contribution >= 4 is 29.1 Å². The van der Waals surface area contributed by atoms with Crippen LogP contribution in [-0.4, -0.2) is 40.2 Å². The molecular formula is C7H12ClN3O2S. The molecule has 80 valence electrons. The molecule has 0 aliphatic carbocycles. The van der Waals surface area contributed by atoms with Crippen LogP contribution in [0, 0.1) is 0 Å². The van der Waals surface area contributed by atoms with Crippen LogP contribution in [0.15, 0.2) is 0 Å². The van der Waals surface area contributed by atoms with Crippen molar-refractivity contribution in [1.29, 1.82) is 0 Å². The number of hydrogen-bond donors (Lipinski definition) is 2. The van der Waals surface area contributed by atoms with Gasteiger partial charge >= 0.3 is 0 Å². The molecular weight excluding hydrogens is 226 g/mol. The summed E-state index contributed by atoms with van der Waals surface area (Å²) in [4.78, 5) is 0. The number of anilines is 1. The molecule has 1 unspecified atom stereocenters. The highest BCUT2D eigenvalue weighted by Gasteiger charge is 2.12. The first-order valence-corrected chi connectivity index (χ1v) is 5.23. The minimum atomic E-state index is 0.00593. The second kappa shape index (κ2) is 6.13. The third-order valence-corrected chi connectivity index (χ3v) is 2.53. The van der Waals surface area contributed by atoms with Gasteiger partial charge in [-0.3, -0.25) is 0 Å². The monoisotopic (exact) mass is 237 g/mol. The van der Waals surface area contributed by atoms with Crippen molar-refractivity contribution < 1.29 is 9.84 Å². The van der Waals surface area contributed by atoms with Crippen LogP contribution in [0.4, 0.5) is 5.82 Å². The molecule has 0 bridgehead atoms. The van der Waals surface area contributed by atoms with Crippen molar-refractivity contribution in [2.24, 2.45) is 0 Å². The highest BCUT2D eigenvalue weighted by atomic mass is 35.5. The smallest absolute Gasteiger partial charge is 0.186 e. The van der Waals surface area contributed by atoms with Gasteiger partial charge in [0, 0.05) is 13.7 Å². The number of nitrogens with one attached hydrogen (secondary N) is 1. The van der Waals surface area contributed by atoms with Crippen molar-refractivity contribution in [2.75, 3.05) is 25.6 Å². The predicted molar refractivity (Wildman–Crippen MR) is 55.9 cm³/mol. The van der Waals surface area contributed by atoms with Gasteiger partial charge in [-0.15, -0.1) is 0 Å². The van der Waals surface area contributed by atoms with E-state index in [0.717, 1.165) is 11.7 Å². The summed E-state index contributed by atoms with van der Waals surface area (Å²) >= 11 is 6.80. The number of halogens is 1. The van der Waals surface area contributed by atoms with Crippen molar-refractivity contribution in [1.82, 2.24) is 8.75 Å². The molecule has 2 N–H and O–H groups in total. The summed E-state index contributed by atoms with van der Waals surface area (Å²) in [5, 5.41) is 12.2. The minimum Gasteiger partial charge on any atom is -0.396 e. The van der Waals surface area contributed by atoms with E-state index in [0.29, 0.717) is 24.0 Å². The largest absolute Gasteiger partial charge is 0.396 e. The third-order valence-electron chi connectivity index (χ3n) is 1.63. The summed E-state index contributed by atoms with van der Waals surface area (Å²) in [7, 11) is 1.60. The summed E-state index contributed by atoms with van der Waals surface area (Å²) in [6, 6.07) is 0.00593. The number of aliphatic hydroxyl groups is 1. The molecule has 0 fully saturated rings. The highest BCUT2D eigenvalue weighted by molar-refractivity contribution is 6.99. The average Bonchev–Trinajstić information content (AvgIpc) is 2.53. The lowest BCUT2D eigenvalue weighted by Gasteiger charge is -2.15. The van der Waals surface area contributed by atoms with Gasteiger partial charge in [-0.05, 0) is 6.42 Å². The van der Waals surface area contributed by atoms with E-state index in [4.69, 9.17) is 21.4 Å². The number of ether oxygens (including phenoxy) is 1. The maximum Gasteiger partial charge on any atom is 0.186 e. The molecule has 7 heteroatoms. The number of aliphatic hydroxyl groups excluding tert-OH is 1. The zero-order valence-corrected chi connectivity index (χ0v) is 9.31. The zero-order chi connectivity index (χ0) is 10.4. The summed E-state index contributed by atoms with van der Waals surface area (Å²) in [5.74, 6) is 0.548. The van der Waals surface area contributed by atoms with Crippen molar-refractivity contribution in [2.45, 2.75) is 12.5 Å². The Balaban J connectivity index is 2.50. The Bertz CT molecular complexity index is 265. The number of aromatic nitrogens is 2. The van der Waals surface area contributed by atoms with Gasteiger partial charge in [0.1, 0.15) is 0 Å². The van der Waals surface area contributed by atoms with Crippen LogP contribution >= 0.6 is 23.3 Å². The van der Waals surface area contributed by atoms with Gasteiger partial charge in [0.05, 0.1) is 24.4 Å². The Labute approximate surface area is 91.4 Å². The maximum atomic E-state index is 8.80. The van der Waals surface area contributed by atoms with Crippen molar-refractivity contribution in [3.63, 3.8) is 0 Å². The fourth-order valence-electron chi connectivity index (χ4n) is 1.01. The molecule has 1 heterocycles. The van der Waals surface area contributed by atoms with E-state index in [-0.39, 0.29) is 12.6 Å². The highest BCUT2D eigenvalue weighted by Crippen LogP contribution is 2.19. The standard InChI is InChI=1S/C7H12ClN3O2S/c1-13-4-5(2-3-12)9-7-6(8)10-14-11-7/h5,12H,2-4H2,1H3,(H,9,11). The Morgan fingerprint density at radius 1 is 1.64 bits per heavy atom. The number of methoxy groups -OCH3 is 1. The quantitative estimate of drug-likeness (QED) is 0.773. The normalized spacial score (nSPS) is 12.8. The molecule has 0 radical (unpaired) electrons. The lowest BCUT2D eigenvalue weighted by molar-refractivity contribution is 0.170. The topological polar surface area (TPSA) is 67.3 Å². The minimum absolute atomic E-state index is 0.00593. The molecule has 0 aromatic carbocycles. The Morgan fingerprint density at radius 2 is 2.43 bits per heavy atom. The summed E-state index contributed by atoms with van der Waals surface area (Å²) < 4.78 is 12.8. The number of rotatable bonds is 6. The van der Waals surface area contributed by atoms with Gasteiger partial charge in [-0.25, -0.2) is 0 Å². The van der Waals surface area contributed by atoms with Crippen LogP contribution in [-0.2, 0) is 4.74 Å². The van der Waals surface area contributed by atoms with Gasteiger partial charge in [0.25, 0.3) is 0 Å². The summed E-state index contributed by atoms with van der Waals surface area (Å²) in [6.45, 7) is 0.588. The molecule has 1 aromatic heterocycles. The predicted octanol–water partition coefficient (Wildman–Crippen LogP) is 1.00. The third kappa shape index (κ3) is 3.38. The van der Waals surface area contributed by atoms with E-state index in [1.807, 2.05) is 0 Å². The molecule has 1 rings (SSSR count). The fraction of sp³-hybridized carbons (Fsp3) is 0.714. The van der Waals surface area contributed by atoms with E-state index < -0.39 is 0 Å². The Hall–Kier alpha value is -0.430. The van der Waals surface area contributed by atoms with Crippen molar-refractivity contribution in [3.8, 4) is 0 Å². The average molecular weight is 238 g/mol. The van der Waals surface area contributed by atoms with Gasteiger partial charge < -0.3 is 15.2 Å². The van der Waals surface area contributed by atoms with Crippen LogP contribution in [0.2, 0.25) is 5.15 Å². The van der Waals surface area contributed by atoms with Crippen LogP contribution in [0.3, 0.4) is 0 Å². The molecule has 0 amide bonds. The second-order valence-corrected chi connectivity index (χ2v) is 3.60. The van der Waals surface area contributed by atoms with Crippen LogP contribution in [0.5, 0.6) is 0 Å². The summed E-state index contributed by atoms with van der Waals surface area (Å²) in [6.07, 6.45) is 0.585. The lowest BCUT2D eigenvalue weighted by atomic mass is 10.2.